The Morgan fingerprint density at radius 2 is 1.90 bits per heavy atom. The molecule has 0 aromatic heterocycles. The molecule has 3 N–H and O–H groups in total. The molecular formula is C15H11BrClN3O. The molecule has 1 aliphatic heterocycles. The zero-order chi connectivity index (χ0) is 15.0. The maximum absolute atomic E-state index is 12.0. The molecule has 0 radical (unpaired) electrons. The summed E-state index contributed by atoms with van der Waals surface area (Å²) in [6.07, 6.45) is -0.949. The summed E-state index contributed by atoms with van der Waals surface area (Å²) in [6, 6.07) is 12.9. The van der Waals surface area contributed by atoms with Crippen molar-refractivity contribution in [3.05, 3.63) is 63.1 Å². The van der Waals surface area contributed by atoms with Gasteiger partial charge >= 0.3 is 0 Å². The highest BCUT2D eigenvalue weighted by Gasteiger charge is 2.24. The highest BCUT2D eigenvalue weighted by molar-refractivity contribution is 9.10. The molecule has 3 rings (SSSR count). The monoisotopic (exact) mass is 363 g/mol. The van der Waals surface area contributed by atoms with Gasteiger partial charge in [0.25, 0.3) is 5.91 Å². The predicted molar refractivity (Wildman–Crippen MR) is 87.8 cm³/mol. The minimum absolute atomic E-state index is 0.341. The van der Waals surface area contributed by atoms with E-state index in [9.17, 15) is 4.79 Å². The zero-order valence-electron chi connectivity index (χ0n) is 10.8. The minimum Gasteiger partial charge on any atom is -0.321 e. The number of hydrogen-bond donors (Lipinski definition) is 2. The van der Waals surface area contributed by atoms with E-state index < -0.39 is 6.17 Å². The van der Waals surface area contributed by atoms with Gasteiger partial charge in [-0.2, -0.15) is 0 Å². The van der Waals surface area contributed by atoms with E-state index in [1.165, 1.54) is 0 Å². The molecule has 1 heterocycles. The molecule has 1 atom stereocenters. The van der Waals surface area contributed by atoms with E-state index in [1.807, 2.05) is 30.3 Å². The van der Waals surface area contributed by atoms with Gasteiger partial charge in [0.1, 0.15) is 0 Å². The van der Waals surface area contributed by atoms with Crippen LogP contribution >= 0.6 is 27.5 Å². The second-order valence-electron chi connectivity index (χ2n) is 4.58. The van der Waals surface area contributed by atoms with E-state index in [1.54, 1.807) is 12.1 Å². The number of halogens is 2. The molecule has 0 fully saturated rings. The Balaban J connectivity index is 2.22. The second kappa shape index (κ2) is 5.60. The van der Waals surface area contributed by atoms with E-state index >= 15 is 0 Å². The van der Waals surface area contributed by atoms with Gasteiger partial charge in [-0.1, -0.05) is 35.9 Å². The first-order valence-corrected chi connectivity index (χ1v) is 7.42. The molecule has 106 valence electrons. The Kier molecular flexibility index (Phi) is 3.80. The van der Waals surface area contributed by atoms with Crippen molar-refractivity contribution >= 4 is 44.8 Å². The first-order chi connectivity index (χ1) is 10.1. The van der Waals surface area contributed by atoms with Crippen molar-refractivity contribution in [1.82, 2.24) is 0 Å². The Morgan fingerprint density at radius 3 is 2.62 bits per heavy atom. The number of anilines is 1. The van der Waals surface area contributed by atoms with E-state index in [4.69, 9.17) is 17.3 Å². The zero-order valence-corrected chi connectivity index (χ0v) is 13.1. The number of hydrogen-bond acceptors (Lipinski definition) is 3. The van der Waals surface area contributed by atoms with Crippen LogP contribution in [0, 0.1) is 0 Å². The van der Waals surface area contributed by atoms with Crippen molar-refractivity contribution in [3.63, 3.8) is 0 Å². The van der Waals surface area contributed by atoms with Crippen molar-refractivity contribution in [1.29, 1.82) is 0 Å². The van der Waals surface area contributed by atoms with Crippen LogP contribution in [0.5, 0.6) is 0 Å². The Morgan fingerprint density at radius 1 is 1.19 bits per heavy atom. The van der Waals surface area contributed by atoms with Gasteiger partial charge in [0.05, 0.1) is 11.4 Å². The topological polar surface area (TPSA) is 67.5 Å². The molecule has 1 unspecified atom stereocenters. The summed E-state index contributed by atoms with van der Waals surface area (Å²) in [5.74, 6) is -0.341. The van der Waals surface area contributed by atoms with Crippen LogP contribution in [0.15, 0.2) is 51.9 Å². The van der Waals surface area contributed by atoms with Gasteiger partial charge in [-0.15, -0.1) is 0 Å². The first kappa shape index (κ1) is 14.3. The third kappa shape index (κ3) is 2.72. The number of rotatable bonds is 1. The van der Waals surface area contributed by atoms with Crippen molar-refractivity contribution in [3.8, 4) is 0 Å². The van der Waals surface area contributed by atoms with Crippen molar-refractivity contribution in [2.24, 2.45) is 10.7 Å². The number of nitrogens with zero attached hydrogens (tertiary/aromatic N) is 1. The molecular weight excluding hydrogens is 354 g/mol. The highest BCUT2D eigenvalue weighted by atomic mass is 79.9. The summed E-state index contributed by atoms with van der Waals surface area (Å²) in [6.45, 7) is 0. The van der Waals surface area contributed by atoms with Crippen LogP contribution in [-0.4, -0.2) is 17.8 Å². The third-order valence-electron chi connectivity index (χ3n) is 3.17. The SMILES string of the molecule is NC1N=C(c2ccc(Cl)cc2)c2cccc(Br)c2NC1=O. The van der Waals surface area contributed by atoms with Gasteiger partial charge in [-0.25, -0.2) is 0 Å². The summed E-state index contributed by atoms with van der Waals surface area (Å²) < 4.78 is 0.782. The summed E-state index contributed by atoms with van der Waals surface area (Å²) >= 11 is 9.37. The van der Waals surface area contributed by atoms with Crippen LogP contribution < -0.4 is 11.1 Å². The number of nitrogens with two attached hydrogens (primary N) is 1. The van der Waals surface area contributed by atoms with E-state index in [-0.39, 0.29) is 5.91 Å². The minimum atomic E-state index is -0.949. The van der Waals surface area contributed by atoms with Crippen molar-refractivity contribution < 1.29 is 4.79 Å². The number of fused-ring (bicyclic) bond motifs is 1. The van der Waals surface area contributed by atoms with Gasteiger partial charge in [0, 0.05) is 20.6 Å². The third-order valence-corrected chi connectivity index (χ3v) is 4.08. The lowest BCUT2D eigenvalue weighted by atomic mass is 10.0. The number of amides is 1. The van der Waals surface area contributed by atoms with E-state index in [0.717, 1.165) is 15.6 Å². The molecule has 0 aliphatic carbocycles. The average Bonchev–Trinajstić information content (AvgIpc) is 2.59. The fourth-order valence-corrected chi connectivity index (χ4v) is 2.74. The summed E-state index contributed by atoms with van der Waals surface area (Å²) in [5.41, 5.74) is 8.82. The molecule has 1 amide bonds. The van der Waals surface area contributed by atoms with Gasteiger partial charge in [0.15, 0.2) is 6.17 Å². The number of benzodiazepines with no additional fused rings is 1. The molecule has 6 heteroatoms. The second-order valence-corrected chi connectivity index (χ2v) is 5.87. The lowest BCUT2D eigenvalue weighted by Gasteiger charge is -2.11. The number of para-hydroxylation sites is 1. The standard InChI is InChI=1S/C15H11BrClN3O/c16-11-3-1-2-10-12(8-4-6-9(17)7-5-8)19-14(18)15(21)20-13(10)11/h1-7,14H,18H2,(H,20,21). The molecule has 4 nitrogen and oxygen atoms in total. The molecule has 1 aliphatic rings. The van der Waals surface area contributed by atoms with Crippen LogP contribution in [0.3, 0.4) is 0 Å². The quantitative estimate of drug-likeness (QED) is 0.816. The van der Waals surface area contributed by atoms with Crippen LogP contribution in [0.4, 0.5) is 5.69 Å². The van der Waals surface area contributed by atoms with Crippen LogP contribution in [0.25, 0.3) is 0 Å². The van der Waals surface area contributed by atoms with Gasteiger partial charge in [0.2, 0.25) is 0 Å². The molecule has 21 heavy (non-hydrogen) atoms. The molecule has 2 aromatic carbocycles. The fraction of sp³-hybridized carbons (Fsp3) is 0.0667. The first-order valence-electron chi connectivity index (χ1n) is 6.25. The summed E-state index contributed by atoms with van der Waals surface area (Å²) in [4.78, 5) is 16.3. The smallest absolute Gasteiger partial charge is 0.263 e. The van der Waals surface area contributed by atoms with E-state index in [0.29, 0.717) is 16.4 Å². The maximum atomic E-state index is 12.0. The predicted octanol–water partition coefficient (Wildman–Crippen LogP) is 3.18. The van der Waals surface area contributed by atoms with Crippen LogP contribution in [0.1, 0.15) is 11.1 Å². The highest BCUT2D eigenvalue weighted by Crippen LogP contribution is 2.30. The fourth-order valence-electron chi connectivity index (χ4n) is 2.15. The Labute approximate surface area is 135 Å². The van der Waals surface area contributed by atoms with Gasteiger partial charge < -0.3 is 11.1 Å². The number of benzene rings is 2. The van der Waals surface area contributed by atoms with Crippen molar-refractivity contribution in [2.75, 3.05) is 5.32 Å². The van der Waals surface area contributed by atoms with Gasteiger partial charge in [-0.3, -0.25) is 9.79 Å². The number of carbonyl (C=O) groups excluding carboxylic acids is 1. The molecule has 0 bridgehead atoms. The lowest BCUT2D eigenvalue weighted by molar-refractivity contribution is -0.117. The molecule has 0 saturated heterocycles. The molecule has 2 aromatic rings. The lowest BCUT2D eigenvalue weighted by Crippen LogP contribution is -2.33. The van der Waals surface area contributed by atoms with E-state index in [2.05, 4.69) is 26.2 Å². The Hall–Kier alpha value is -1.69. The number of nitrogens with one attached hydrogen (secondary N) is 1. The largest absolute Gasteiger partial charge is 0.321 e. The normalized spacial score (nSPS) is 17.6. The van der Waals surface area contributed by atoms with Crippen LogP contribution in [0.2, 0.25) is 5.02 Å². The molecule has 0 saturated carbocycles. The maximum Gasteiger partial charge on any atom is 0.263 e. The number of carbonyl (C=O) groups is 1. The molecule has 0 spiro atoms. The Bertz CT molecular complexity index is 743. The summed E-state index contributed by atoms with van der Waals surface area (Å²) in [5, 5.41) is 3.44. The van der Waals surface area contributed by atoms with Crippen LogP contribution in [-0.2, 0) is 4.79 Å². The number of aliphatic imine (C=N–C) groups is 1. The van der Waals surface area contributed by atoms with Gasteiger partial charge in [-0.05, 0) is 34.1 Å². The average molecular weight is 365 g/mol. The summed E-state index contributed by atoms with van der Waals surface area (Å²) in [7, 11) is 0. The van der Waals surface area contributed by atoms with Crippen molar-refractivity contribution in [2.45, 2.75) is 6.17 Å².